The largest absolute Gasteiger partial charge is 0.354 e. The molecule has 1 N–H and O–H groups in total. The first-order chi connectivity index (χ1) is 18.4. The number of benzene rings is 3. The van der Waals surface area contributed by atoms with E-state index in [1.165, 1.54) is 17.0 Å². The van der Waals surface area contributed by atoms with Crippen molar-refractivity contribution >= 4 is 55.1 Å². The normalized spacial score (nSPS) is 12.2. The van der Waals surface area contributed by atoms with Crippen molar-refractivity contribution in [3.63, 3.8) is 0 Å². The van der Waals surface area contributed by atoms with E-state index in [-0.39, 0.29) is 29.0 Å². The van der Waals surface area contributed by atoms with Crippen LogP contribution in [0, 0.1) is 12.8 Å². The summed E-state index contributed by atoms with van der Waals surface area (Å²) in [6, 6.07) is 19.2. The zero-order valence-corrected chi connectivity index (χ0v) is 25.6. The fourth-order valence-electron chi connectivity index (χ4n) is 3.80. The summed E-state index contributed by atoms with van der Waals surface area (Å²) < 4.78 is 29.5. The molecule has 1 atom stereocenters. The third kappa shape index (κ3) is 8.30. The summed E-state index contributed by atoms with van der Waals surface area (Å²) in [6.07, 6.45) is 0. The molecule has 0 unspecified atom stereocenters. The molecule has 0 aliphatic rings. The molecule has 3 aromatic rings. The van der Waals surface area contributed by atoms with Crippen LogP contribution in [0.4, 0.5) is 5.69 Å². The Balaban J connectivity index is 2.00. The van der Waals surface area contributed by atoms with Crippen LogP contribution in [0.3, 0.4) is 0 Å². The Labute approximate surface area is 244 Å². The lowest BCUT2D eigenvalue weighted by atomic mass is 10.1. The summed E-state index contributed by atoms with van der Waals surface area (Å²) >= 11 is 9.47. The molecule has 0 heterocycles. The maximum Gasteiger partial charge on any atom is 0.264 e. The van der Waals surface area contributed by atoms with Gasteiger partial charge in [0, 0.05) is 22.6 Å². The monoisotopic (exact) mass is 633 g/mol. The van der Waals surface area contributed by atoms with Gasteiger partial charge >= 0.3 is 0 Å². The summed E-state index contributed by atoms with van der Waals surface area (Å²) in [7, 11) is -4.12. The molecule has 0 aliphatic heterocycles. The van der Waals surface area contributed by atoms with E-state index in [1.54, 1.807) is 43.3 Å². The lowest BCUT2D eigenvalue weighted by Crippen LogP contribution is -2.51. The second-order valence-electron chi connectivity index (χ2n) is 9.76. The van der Waals surface area contributed by atoms with Gasteiger partial charge in [-0.2, -0.15) is 0 Å². The maximum absolute atomic E-state index is 13.9. The minimum Gasteiger partial charge on any atom is -0.354 e. The lowest BCUT2D eigenvalue weighted by molar-refractivity contribution is -0.139. The Hall–Kier alpha value is -2.88. The summed E-state index contributed by atoms with van der Waals surface area (Å²) in [5.41, 5.74) is 1.99. The van der Waals surface area contributed by atoms with Gasteiger partial charge in [-0.05, 0) is 73.9 Å². The quantitative estimate of drug-likeness (QED) is 0.289. The predicted octanol–water partition coefficient (Wildman–Crippen LogP) is 5.80. The van der Waals surface area contributed by atoms with Crippen LogP contribution in [-0.2, 0) is 26.2 Å². The molecule has 0 spiro atoms. The molecule has 0 aromatic heterocycles. The first kappa shape index (κ1) is 30.7. The molecule has 3 rings (SSSR count). The fraction of sp³-hybridized carbons (Fsp3) is 0.310. The molecular weight excluding hydrogens is 602 g/mol. The van der Waals surface area contributed by atoms with Crippen molar-refractivity contribution in [2.75, 3.05) is 17.4 Å². The van der Waals surface area contributed by atoms with Crippen LogP contribution < -0.4 is 9.62 Å². The number of hydrogen-bond acceptors (Lipinski definition) is 4. The molecule has 7 nitrogen and oxygen atoms in total. The number of aryl methyl sites for hydroxylation is 1. The van der Waals surface area contributed by atoms with Crippen molar-refractivity contribution in [3.05, 3.63) is 93.4 Å². The smallest absolute Gasteiger partial charge is 0.264 e. The van der Waals surface area contributed by atoms with E-state index in [4.69, 9.17) is 11.6 Å². The molecule has 208 valence electrons. The fourth-order valence-corrected chi connectivity index (χ4v) is 5.60. The SMILES string of the molecule is Cc1ccc(S(=O)(=O)N(CC(=O)N(Cc2ccc(Br)cc2)[C@@H](C)C(=O)NCC(C)C)c2ccc(Cl)cc2)cc1. The molecule has 0 bridgehead atoms. The molecule has 0 radical (unpaired) electrons. The highest BCUT2D eigenvalue weighted by molar-refractivity contribution is 9.10. The molecule has 3 aromatic carbocycles. The number of anilines is 1. The van der Waals surface area contributed by atoms with Gasteiger partial charge in [0.15, 0.2) is 0 Å². The van der Waals surface area contributed by atoms with E-state index in [9.17, 15) is 18.0 Å². The Morgan fingerprint density at radius 1 is 0.923 bits per heavy atom. The first-order valence-electron chi connectivity index (χ1n) is 12.5. The van der Waals surface area contributed by atoms with E-state index in [0.29, 0.717) is 11.6 Å². The topological polar surface area (TPSA) is 86.8 Å². The van der Waals surface area contributed by atoms with Crippen molar-refractivity contribution in [3.8, 4) is 0 Å². The third-order valence-corrected chi connectivity index (χ3v) is 8.69. The summed E-state index contributed by atoms with van der Waals surface area (Å²) in [5.74, 6) is -0.596. The van der Waals surface area contributed by atoms with Crippen LogP contribution in [0.1, 0.15) is 31.9 Å². The van der Waals surface area contributed by atoms with Gasteiger partial charge in [0.25, 0.3) is 10.0 Å². The molecule has 0 aliphatic carbocycles. The van der Waals surface area contributed by atoms with E-state index >= 15 is 0 Å². The summed E-state index contributed by atoms with van der Waals surface area (Å²) in [5, 5.41) is 3.31. The number of sulfonamides is 1. The highest BCUT2D eigenvalue weighted by atomic mass is 79.9. The third-order valence-electron chi connectivity index (χ3n) is 6.12. The van der Waals surface area contributed by atoms with Crippen LogP contribution in [0.25, 0.3) is 0 Å². The predicted molar refractivity (Wildman–Crippen MR) is 159 cm³/mol. The molecule has 2 amide bonds. The van der Waals surface area contributed by atoms with Gasteiger partial charge in [0.05, 0.1) is 10.6 Å². The maximum atomic E-state index is 13.9. The highest BCUT2D eigenvalue weighted by Crippen LogP contribution is 2.26. The number of hydrogen-bond donors (Lipinski definition) is 1. The van der Waals surface area contributed by atoms with Gasteiger partial charge in [-0.15, -0.1) is 0 Å². The molecule has 0 saturated heterocycles. The standard InChI is InChI=1S/C29H33BrClN3O4S/c1-20(2)17-32-29(36)22(4)33(18-23-7-9-24(30)10-8-23)28(35)19-34(26-13-11-25(31)12-14-26)39(37,38)27-15-5-21(3)6-16-27/h5-16,20,22H,17-19H2,1-4H3,(H,32,36)/t22-/m0/s1. The Kier molecular flexibility index (Phi) is 10.6. The Morgan fingerprint density at radius 3 is 2.08 bits per heavy atom. The number of carbonyl (C=O) groups excluding carboxylic acids is 2. The van der Waals surface area contributed by atoms with E-state index < -0.39 is 28.5 Å². The molecular formula is C29H33BrClN3O4S. The minimum atomic E-state index is -4.12. The summed E-state index contributed by atoms with van der Waals surface area (Å²) in [4.78, 5) is 28.4. The van der Waals surface area contributed by atoms with Crippen LogP contribution in [0.5, 0.6) is 0 Å². The van der Waals surface area contributed by atoms with Gasteiger partial charge in [-0.25, -0.2) is 8.42 Å². The molecule has 10 heteroatoms. The van der Waals surface area contributed by atoms with Gasteiger partial charge < -0.3 is 10.2 Å². The van der Waals surface area contributed by atoms with Gasteiger partial charge in [0.1, 0.15) is 12.6 Å². The van der Waals surface area contributed by atoms with Crippen LogP contribution >= 0.6 is 27.5 Å². The number of carbonyl (C=O) groups is 2. The van der Waals surface area contributed by atoms with Crippen LogP contribution in [0.15, 0.2) is 82.2 Å². The molecule has 0 saturated carbocycles. The Morgan fingerprint density at radius 2 is 1.51 bits per heavy atom. The van der Waals surface area contributed by atoms with Crippen LogP contribution in [-0.4, -0.2) is 44.3 Å². The molecule has 39 heavy (non-hydrogen) atoms. The lowest BCUT2D eigenvalue weighted by Gasteiger charge is -2.32. The van der Waals surface area contributed by atoms with Gasteiger partial charge in [-0.3, -0.25) is 13.9 Å². The van der Waals surface area contributed by atoms with Crippen molar-refractivity contribution in [2.24, 2.45) is 5.92 Å². The zero-order chi connectivity index (χ0) is 28.7. The first-order valence-corrected chi connectivity index (χ1v) is 15.2. The average Bonchev–Trinajstić information content (AvgIpc) is 2.90. The van der Waals surface area contributed by atoms with E-state index in [0.717, 1.165) is 19.9 Å². The van der Waals surface area contributed by atoms with E-state index in [1.807, 2.05) is 45.0 Å². The summed E-state index contributed by atoms with van der Waals surface area (Å²) in [6.45, 7) is 7.56. The number of rotatable bonds is 11. The second kappa shape index (κ2) is 13.5. The van der Waals surface area contributed by atoms with E-state index in [2.05, 4.69) is 21.2 Å². The number of halogens is 2. The number of amides is 2. The van der Waals surface area contributed by atoms with Crippen molar-refractivity contribution in [1.82, 2.24) is 10.2 Å². The van der Waals surface area contributed by atoms with Crippen molar-refractivity contribution in [2.45, 2.75) is 45.2 Å². The number of nitrogens with one attached hydrogen (secondary N) is 1. The number of nitrogens with zero attached hydrogens (tertiary/aromatic N) is 2. The van der Waals surface area contributed by atoms with Crippen LogP contribution in [0.2, 0.25) is 5.02 Å². The van der Waals surface area contributed by atoms with Crippen molar-refractivity contribution < 1.29 is 18.0 Å². The Bertz CT molecular complexity index is 1380. The van der Waals surface area contributed by atoms with Crippen molar-refractivity contribution in [1.29, 1.82) is 0 Å². The molecule has 0 fully saturated rings. The second-order valence-corrected chi connectivity index (χ2v) is 13.0. The zero-order valence-electron chi connectivity index (χ0n) is 22.4. The minimum absolute atomic E-state index is 0.0537. The highest BCUT2D eigenvalue weighted by Gasteiger charge is 2.32. The average molecular weight is 635 g/mol. The van der Waals surface area contributed by atoms with Gasteiger partial charge in [-0.1, -0.05) is 71.2 Å². The van der Waals surface area contributed by atoms with Gasteiger partial charge in [0.2, 0.25) is 11.8 Å².